The Balaban J connectivity index is 1.86. The molecule has 1 aliphatic rings. The lowest BCUT2D eigenvalue weighted by atomic mass is 10.3. The van der Waals surface area contributed by atoms with Crippen molar-refractivity contribution in [3.63, 3.8) is 0 Å². The van der Waals surface area contributed by atoms with Crippen LogP contribution in [0.1, 0.15) is 11.3 Å². The summed E-state index contributed by atoms with van der Waals surface area (Å²) in [4.78, 5) is 4.08. The summed E-state index contributed by atoms with van der Waals surface area (Å²) in [6, 6.07) is 4.38. The second-order valence-electron chi connectivity index (χ2n) is 3.32. The van der Waals surface area contributed by atoms with Crippen molar-refractivity contribution < 1.29 is 0 Å². The third-order valence-corrected chi connectivity index (χ3v) is 4.18. The lowest BCUT2D eigenvalue weighted by molar-refractivity contribution is 0.290. The van der Waals surface area contributed by atoms with Crippen molar-refractivity contribution in [2.75, 3.05) is 24.6 Å². The number of thioether (sulfide) groups is 1. The van der Waals surface area contributed by atoms with Crippen molar-refractivity contribution in [2.24, 2.45) is 0 Å². The largest absolute Gasteiger partial charge is 0.297 e. The molecule has 0 aromatic carbocycles. The third kappa shape index (κ3) is 3.01. The van der Waals surface area contributed by atoms with Crippen LogP contribution in [-0.2, 0) is 6.54 Å². The van der Waals surface area contributed by atoms with Gasteiger partial charge in [-0.25, -0.2) is 0 Å². The minimum Gasteiger partial charge on any atom is -0.297 e. The quantitative estimate of drug-likeness (QED) is 0.743. The zero-order valence-electron chi connectivity index (χ0n) is 7.74. The van der Waals surface area contributed by atoms with Crippen LogP contribution in [0.5, 0.6) is 0 Å². The van der Waals surface area contributed by atoms with Crippen LogP contribution in [0.3, 0.4) is 0 Å². The van der Waals surface area contributed by atoms with E-state index < -0.39 is 0 Å². The van der Waals surface area contributed by atoms with E-state index >= 15 is 0 Å². The van der Waals surface area contributed by atoms with Crippen LogP contribution >= 0.6 is 23.1 Å². The number of nitrogens with zero attached hydrogens (tertiary/aromatic N) is 1. The smallest absolute Gasteiger partial charge is 0.0328 e. The first-order valence-electron chi connectivity index (χ1n) is 4.77. The molecule has 0 atom stereocenters. The number of rotatable bonds is 2. The Bertz CT molecular complexity index is 225. The highest BCUT2D eigenvalue weighted by Gasteiger charge is 2.09. The fourth-order valence-electron chi connectivity index (χ4n) is 1.58. The van der Waals surface area contributed by atoms with Gasteiger partial charge in [0, 0.05) is 23.7 Å². The summed E-state index contributed by atoms with van der Waals surface area (Å²) in [6.45, 7) is 3.71. The van der Waals surface area contributed by atoms with Gasteiger partial charge in [-0.05, 0) is 30.2 Å². The molecule has 0 radical (unpaired) electrons. The van der Waals surface area contributed by atoms with Crippen LogP contribution in [0.2, 0.25) is 0 Å². The van der Waals surface area contributed by atoms with Crippen molar-refractivity contribution >= 4 is 23.1 Å². The second kappa shape index (κ2) is 5.03. The van der Waals surface area contributed by atoms with Gasteiger partial charge in [-0.3, -0.25) is 4.90 Å². The SMILES string of the molecule is c1csc(CN2CCCSCC2)c1. The van der Waals surface area contributed by atoms with Crippen LogP contribution in [0.15, 0.2) is 17.5 Å². The summed E-state index contributed by atoms with van der Waals surface area (Å²) in [5, 5.41) is 2.17. The molecule has 13 heavy (non-hydrogen) atoms. The van der Waals surface area contributed by atoms with Crippen LogP contribution in [0.25, 0.3) is 0 Å². The summed E-state index contributed by atoms with van der Waals surface area (Å²) >= 11 is 3.97. The summed E-state index contributed by atoms with van der Waals surface area (Å²) in [6.07, 6.45) is 1.36. The molecular formula is C10H15NS2. The molecule has 1 nitrogen and oxygen atoms in total. The summed E-state index contributed by atoms with van der Waals surface area (Å²) < 4.78 is 0. The maximum atomic E-state index is 2.58. The third-order valence-electron chi connectivity index (χ3n) is 2.27. The van der Waals surface area contributed by atoms with E-state index in [1.54, 1.807) is 0 Å². The van der Waals surface area contributed by atoms with E-state index in [9.17, 15) is 0 Å². The molecule has 1 aromatic heterocycles. The molecule has 2 heterocycles. The summed E-state index contributed by atoms with van der Waals surface area (Å²) in [7, 11) is 0. The van der Waals surface area contributed by atoms with E-state index in [0.29, 0.717) is 0 Å². The average molecular weight is 213 g/mol. The maximum absolute atomic E-state index is 2.58. The fourth-order valence-corrected chi connectivity index (χ4v) is 3.25. The standard InChI is InChI=1S/C10H15NS2/c1-3-10(13-7-1)9-11-4-2-6-12-8-5-11/h1,3,7H,2,4-6,8-9H2. The Morgan fingerprint density at radius 3 is 3.15 bits per heavy atom. The number of hydrogen-bond acceptors (Lipinski definition) is 3. The predicted octanol–water partition coefficient (Wildman–Crippen LogP) is 2.69. The van der Waals surface area contributed by atoms with Gasteiger partial charge < -0.3 is 0 Å². The Morgan fingerprint density at radius 1 is 1.31 bits per heavy atom. The molecule has 72 valence electrons. The monoisotopic (exact) mass is 213 g/mol. The van der Waals surface area contributed by atoms with E-state index in [2.05, 4.69) is 34.2 Å². The van der Waals surface area contributed by atoms with E-state index in [-0.39, 0.29) is 0 Å². The van der Waals surface area contributed by atoms with Crippen molar-refractivity contribution in [3.8, 4) is 0 Å². The predicted molar refractivity (Wildman–Crippen MR) is 61.5 cm³/mol. The normalized spacial score (nSPS) is 20.0. The Kier molecular flexibility index (Phi) is 3.70. The Hall–Kier alpha value is 0.01000. The van der Waals surface area contributed by atoms with Crippen molar-refractivity contribution in [1.82, 2.24) is 4.90 Å². The first-order valence-corrected chi connectivity index (χ1v) is 6.81. The zero-order chi connectivity index (χ0) is 8.93. The first kappa shape index (κ1) is 9.56. The molecule has 0 aliphatic carbocycles. The molecule has 1 fully saturated rings. The van der Waals surface area contributed by atoms with Crippen molar-refractivity contribution in [2.45, 2.75) is 13.0 Å². The average Bonchev–Trinajstić information content (AvgIpc) is 2.49. The second-order valence-corrected chi connectivity index (χ2v) is 5.58. The highest BCUT2D eigenvalue weighted by Crippen LogP contribution is 2.15. The van der Waals surface area contributed by atoms with E-state index in [1.807, 2.05) is 11.3 Å². The molecule has 0 N–H and O–H groups in total. The van der Waals surface area contributed by atoms with Crippen molar-refractivity contribution in [3.05, 3.63) is 22.4 Å². The van der Waals surface area contributed by atoms with Crippen LogP contribution in [0.4, 0.5) is 0 Å². The molecular weight excluding hydrogens is 198 g/mol. The molecule has 1 saturated heterocycles. The fraction of sp³-hybridized carbons (Fsp3) is 0.600. The van der Waals surface area contributed by atoms with Crippen LogP contribution < -0.4 is 0 Å². The number of hydrogen-bond donors (Lipinski definition) is 0. The molecule has 3 heteroatoms. The van der Waals surface area contributed by atoms with Gasteiger partial charge in [0.1, 0.15) is 0 Å². The molecule has 2 rings (SSSR count). The molecule has 0 bridgehead atoms. The minimum absolute atomic E-state index is 1.16. The van der Waals surface area contributed by atoms with Crippen molar-refractivity contribution in [1.29, 1.82) is 0 Å². The molecule has 0 saturated carbocycles. The first-order chi connectivity index (χ1) is 6.45. The molecule has 1 aromatic rings. The topological polar surface area (TPSA) is 3.24 Å². The van der Waals surface area contributed by atoms with Crippen LogP contribution in [-0.4, -0.2) is 29.5 Å². The maximum Gasteiger partial charge on any atom is 0.0328 e. The molecule has 0 spiro atoms. The Labute approximate surface area is 88.1 Å². The summed E-state index contributed by atoms with van der Waals surface area (Å²) in [5.41, 5.74) is 0. The van der Waals surface area contributed by atoms with Gasteiger partial charge in [0.25, 0.3) is 0 Å². The van der Waals surface area contributed by atoms with E-state index in [4.69, 9.17) is 0 Å². The minimum atomic E-state index is 1.16. The van der Waals surface area contributed by atoms with Gasteiger partial charge in [-0.1, -0.05) is 6.07 Å². The van der Waals surface area contributed by atoms with Gasteiger partial charge in [0.15, 0.2) is 0 Å². The van der Waals surface area contributed by atoms with E-state index in [1.165, 1.54) is 35.9 Å². The van der Waals surface area contributed by atoms with Gasteiger partial charge in [-0.15, -0.1) is 11.3 Å². The molecule has 0 unspecified atom stereocenters. The molecule has 1 aliphatic heterocycles. The molecule has 0 amide bonds. The van der Waals surface area contributed by atoms with Crippen LogP contribution in [0, 0.1) is 0 Å². The highest BCUT2D eigenvalue weighted by atomic mass is 32.2. The lowest BCUT2D eigenvalue weighted by Crippen LogP contribution is -2.24. The highest BCUT2D eigenvalue weighted by molar-refractivity contribution is 7.99. The van der Waals surface area contributed by atoms with Gasteiger partial charge >= 0.3 is 0 Å². The Morgan fingerprint density at radius 2 is 2.31 bits per heavy atom. The number of thiophene rings is 1. The van der Waals surface area contributed by atoms with Gasteiger partial charge in [0.2, 0.25) is 0 Å². The lowest BCUT2D eigenvalue weighted by Gasteiger charge is -2.17. The van der Waals surface area contributed by atoms with Gasteiger partial charge in [0.05, 0.1) is 0 Å². The van der Waals surface area contributed by atoms with Gasteiger partial charge in [-0.2, -0.15) is 11.8 Å². The summed E-state index contributed by atoms with van der Waals surface area (Å²) in [5.74, 6) is 2.66. The zero-order valence-corrected chi connectivity index (χ0v) is 9.37. The van der Waals surface area contributed by atoms with E-state index in [0.717, 1.165) is 6.54 Å².